The third-order valence-corrected chi connectivity index (χ3v) is 4.76. The molecular formula is C18H14N4O4S. The summed E-state index contributed by atoms with van der Waals surface area (Å²) in [6.45, 7) is 1.26. The minimum absolute atomic E-state index is 0.162. The van der Waals surface area contributed by atoms with Gasteiger partial charge in [0.15, 0.2) is 10.7 Å². The highest BCUT2D eigenvalue weighted by Crippen LogP contribution is 2.28. The second-order valence-electron chi connectivity index (χ2n) is 5.85. The van der Waals surface area contributed by atoms with Crippen molar-refractivity contribution in [2.24, 2.45) is 0 Å². The predicted molar refractivity (Wildman–Crippen MR) is 103 cm³/mol. The maximum atomic E-state index is 12.4. The van der Waals surface area contributed by atoms with Gasteiger partial charge in [-0.15, -0.1) is 0 Å². The zero-order valence-corrected chi connectivity index (χ0v) is 15.0. The van der Waals surface area contributed by atoms with Gasteiger partial charge in [0.25, 0.3) is 0 Å². The third kappa shape index (κ3) is 3.44. The summed E-state index contributed by atoms with van der Waals surface area (Å²) < 4.78 is 7.22. The molecule has 2 aromatic heterocycles. The van der Waals surface area contributed by atoms with Gasteiger partial charge in [-0.2, -0.15) is 0 Å². The molecule has 0 saturated carbocycles. The molecule has 0 fully saturated rings. The number of nitrogens with one attached hydrogen (secondary N) is 2. The number of carbonyl (C=O) groups is 2. The van der Waals surface area contributed by atoms with Crippen LogP contribution in [0.1, 0.15) is 6.92 Å². The quantitative estimate of drug-likeness (QED) is 0.564. The van der Waals surface area contributed by atoms with Crippen molar-refractivity contribution in [3.8, 4) is 0 Å². The van der Waals surface area contributed by atoms with Crippen LogP contribution in [-0.4, -0.2) is 21.4 Å². The number of nitrogens with zero attached hydrogens (tertiary/aromatic N) is 2. The van der Waals surface area contributed by atoms with Crippen molar-refractivity contribution < 1.29 is 14.0 Å². The van der Waals surface area contributed by atoms with Crippen molar-refractivity contribution in [1.29, 1.82) is 0 Å². The highest BCUT2D eigenvalue weighted by atomic mass is 32.1. The Kier molecular flexibility index (Phi) is 4.21. The lowest BCUT2D eigenvalue weighted by Crippen LogP contribution is -2.24. The standard InChI is InChI=1S/C18H14N4O4S/c1-10(23)19-11-6-7-12-15(8-11)27-17(20-12)21-16(24)9-22-13-4-2-3-5-14(13)26-18(22)25/h2-8H,9H2,1H3,(H,19,23)(H,20,21,24). The number of hydrogen-bond acceptors (Lipinski definition) is 6. The number of thiazole rings is 1. The molecule has 0 unspecified atom stereocenters. The van der Waals surface area contributed by atoms with E-state index < -0.39 is 5.76 Å². The van der Waals surface area contributed by atoms with E-state index in [4.69, 9.17) is 4.42 Å². The minimum atomic E-state index is -0.587. The van der Waals surface area contributed by atoms with Crippen LogP contribution >= 0.6 is 11.3 Å². The van der Waals surface area contributed by atoms with E-state index in [2.05, 4.69) is 15.6 Å². The van der Waals surface area contributed by atoms with Crippen molar-refractivity contribution in [3.63, 3.8) is 0 Å². The van der Waals surface area contributed by atoms with E-state index in [1.54, 1.807) is 42.5 Å². The van der Waals surface area contributed by atoms with Crippen LogP contribution in [0.4, 0.5) is 10.8 Å². The second kappa shape index (κ2) is 6.69. The molecule has 0 saturated heterocycles. The van der Waals surface area contributed by atoms with E-state index in [9.17, 15) is 14.4 Å². The number of aromatic nitrogens is 2. The lowest BCUT2D eigenvalue weighted by Gasteiger charge is -2.02. The molecule has 0 bridgehead atoms. The van der Waals surface area contributed by atoms with Gasteiger partial charge in [-0.25, -0.2) is 9.78 Å². The molecule has 4 aromatic rings. The highest BCUT2D eigenvalue weighted by molar-refractivity contribution is 7.22. The van der Waals surface area contributed by atoms with E-state index >= 15 is 0 Å². The normalized spacial score (nSPS) is 11.0. The number of rotatable bonds is 4. The molecule has 0 spiro atoms. The van der Waals surface area contributed by atoms with Crippen LogP contribution in [-0.2, 0) is 16.1 Å². The first-order valence-electron chi connectivity index (χ1n) is 8.06. The number of anilines is 2. The smallest absolute Gasteiger partial charge is 0.408 e. The van der Waals surface area contributed by atoms with Gasteiger partial charge >= 0.3 is 5.76 Å². The van der Waals surface area contributed by atoms with Crippen molar-refractivity contribution in [1.82, 2.24) is 9.55 Å². The van der Waals surface area contributed by atoms with Crippen LogP contribution < -0.4 is 16.4 Å². The summed E-state index contributed by atoms with van der Waals surface area (Å²) in [5.41, 5.74) is 2.35. The summed E-state index contributed by atoms with van der Waals surface area (Å²) in [5, 5.41) is 5.82. The Morgan fingerprint density at radius 2 is 2.00 bits per heavy atom. The van der Waals surface area contributed by atoms with Gasteiger partial charge in [-0.05, 0) is 30.3 Å². The van der Waals surface area contributed by atoms with Gasteiger partial charge in [0.1, 0.15) is 6.54 Å². The fourth-order valence-corrected chi connectivity index (χ4v) is 3.65. The number of carbonyl (C=O) groups excluding carboxylic acids is 2. The Hall–Kier alpha value is -3.46. The summed E-state index contributed by atoms with van der Waals surface area (Å²) >= 11 is 1.28. The summed E-state index contributed by atoms with van der Waals surface area (Å²) in [5.74, 6) is -1.13. The Balaban J connectivity index is 1.54. The van der Waals surface area contributed by atoms with Gasteiger partial charge in [-0.3, -0.25) is 14.2 Å². The third-order valence-electron chi connectivity index (χ3n) is 3.83. The van der Waals surface area contributed by atoms with Crippen molar-refractivity contribution in [3.05, 3.63) is 53.0 Å². The Bertz CT molecular complexity index is 1240. The highest BCUT2D eigenvalue weighted by Gasteiger charge is 2.14. The lowest BCUT2D eigenvalue weighted by molar-refractivity contribution is -0.117. The minimum Gasteiger partial charge on any atom is -0.408 e. The van der Waals surface area contributed by atoms with Crippen LogP contribution in [0, 0.1) is 0 Å². The van der Waals surface area contributed by atoms with Crippen LogP contribution in [0.3, 0.4) is 0 Å². The van der Waals surface area contributed by atoms with Crippen LogP contribution in [0.2, 0.25) is 0 Å². The molecule has 0 atom stereocenters. The van der Waals surface area contributed by atoms with E-state index in [-0.39, 0.29) is 18.4 Å². The maximum absolute atomic E-state index is 12.4. The van der Waals surface area contributed by atoms with E-state index in [0.717, 1.165) is 4.70 Å². The SMILES string of the molecule is CC(=O)Nc1ccc2nc(NC(=O)Cn3c(=O)oc4ccccc43)sc2c1. The van der Waals surface area contributed by atoms with Gasteiger partial charge < -0.3 is 15.1 Å². The molecule has 0 aliphatic rings. The average molecular weight is 382 g/mol. The average Bonchev–Trinajstić information content (AvgIpc) is 3.14. The Morgan fingerprint density at radius 1 is 1.19 bits per heavy atom. The first-order chi connectivity index (χ1) is 13.0. The molecule has 0 aliphatic heterocycles. The van der Waals surface area contributed by atoms with Crippen LogP contribution in [0.15, 0.2) is 51.7 Å². The summed E-state index contributed by atoms with van der Waals surface area (Å²) in [6, 6.07) is 12.2. The van der Waals surface area contributed by atoms with E-state index in [1.165, 1.54) is 22.8 Å². The number of benzene rings is 2. The molecular weight excluding hydrogens is 368 g/mol. The molecule has 0 radical (unpaired) electrons. The first kappa shape index (κ1) is 17.0. The summed E-state index contributed by atoms with van der Waals surface area (Å²) in [6.07, 6.45) is 0. The van der Waals surface area contributed by atoms with Gasteiger partial charge in [-0.1, -0.05) is 23.5 Å². The number of amides is 2. The number of para-hydroxylation sites is 2. The Morgan fingerprint density at radius 3 is 2.81 bits per heavy atom. The molecule has 27 heavy (non-hydrogen) atoms. The Labute approximate surface area is 156 Å². The molecule has 8 nitrogen and oxygen atoms in total. The maximum Gasteiger partial charge on any atom is 0.420 e. The molecule has 2 amide bonds. The predicted octanol–water partition coefficient (Wildman–Crippen LogP) is 2.80. The number of hydrogen-bond donors (Lipinski definition) is 2. The molecule has 9 heteroatoms. The molecule has 136 valence electrons. The van der Waals surface area contributed by atoms with Crippen molar-refractivity contribution >= 4 is 55.3 Å². The van der Waals surface area contributed by atoms with E-state index in [0.29, 0.717) is 27.4 Å². The zero-order valence-electron chi connectivity index (χ0n) is 14.2. The largest absolute Gasteiger partial charge is 0.420 e. The first-order valence-corrected chi connectivity index (χ1v) is 8.87. The summed E-state index contributed by atoms with van der Waals surface area (Å²) in [7, 11) is 0. The topological polar surface area (TPSA) is 106 Å². The molecule has 0 aliphatic carbocycles. The van der Waals surface area contributed by atoms with Gasteiger partial charge in [0, 0.05) is 12.6 Å². The van der Waals surface area contributed by atoms with E-state index in [1.807, 2.05) is 0 Å². The van der Waals surface area contributed by atoms with Gasteiger partial charge in [0.05, 0.1) is 15.7 Å². The number of fused-ring (bicyclic) bond motifs is 2. The molecule has 2 heterocycles. The van der Waals surface area contributed by atoms with Crippen molar-refractivity contribution in [2.75, 3.05) is 10.6 Å². The van der Waals surface area contributed by atoms with Crippen LogP contribution in [0.25, 0.3) is 21.3 Å². The second-order valence-corrected chi connectivity index (χ2v) is 6.88. The molecule has 2 N–H and O–H groups in total. The monoisotopic (exact) mass is 382 g/mol. The fraction of sp³-hybridized carbons (Fsp3) is 0.111. The van der Waals surface area contributed by atoms with Gasteiger partial charge in [0.2, 0.25) is 11.8 Å². The molecule has 4 rings (SSSR count). The van der Waals surface area contributed by atoms with Crippen LogP contribution in [0.5, 0.6) is 0 Å². The lowest BCUT2D eigenvalue weighted by atomic mass is 10.3. The summed E-state index contributed by atoms with van der Waals surface area (Å²) in [4.78, 5) is 39.8. The van der Waals surface area contributed by atoms with Crippen molar-refractivity contribution in [2.45, 2.75) is 13.5 Å². The number of oxazole rings is 1. The zero-order chi connectivity index (χ0) is 19.0. The molecule has 2 aromatic carbocycles. The fourth-order valence-electron chi connectivity index (χ4n) is 2.73.